The highest BCUT2D eigenvalue weighted by Gasteiger charge is 2.24. The van der Waals surface area contributed by atoms with Crippen molar-refractivity contribution in [3.63, 3.8) is 0 Å². The van der Waals surface area contributed by atoms with Crippen LogP contribution in [-0.2, 0) is 17.9 Å². The second-order valence-corrected chi connectivity index (χ2v) is 5.35. The van der Waals surface area contributed by atoms with Crippen LogP contribution >= 0.6 is 0 Å². The number of aromatic nitrogens is 2. The number of nitrogens with one attached hydrogen (secondary N) is 1. The molecule has 0 saturated heterocycles. The minimum absolute atomic E-state index is 0.0750. The predicted octanol–water partition coefficient (Wildman–Crippen LogP) is 1.49. The molecule has 1 aliphatic rings. The Balaban J connectivity index is 1.98. The van der Waals surface area contributed by atoms with Gasteiger partial charge in [0.05, 0.1) is 11.0 Å². The number of para-hydroxylation sites is 2. The van der Waals surface area contributed by atoms with Gasteiger partial charge in [-0.3, -0.25) is 13.9 Å². The van der Waals surface area contributed by atoms with E-state index in [2.05, 4.69) is 5.32 Å². The molecular weight excluding hydrogens is 254 g/mol. The topological polar surface area (TPSA) is 56.0 Å². The first-order valence-corrected chi connectivity index (χ1v) is 7.18. The molecule has 1 fully saturated rings. The van der Waals surface area contributed by atoms with E-state index in [-0.39, 0.29) is 18.1 Å². The summed E-state index contributed by atoms with van der Waals surface area (Å²) in [7, 11) is 0. The maximum Gasteiger partial charge on any atom is 0.329 e. The van der Waals surface area contributed by atoms with Gasteiger partial charge in [0, 0.05) is 12.6 Å². The van der Waals surface area contributed by atoms with Crippen LogP contribution in [0.2, 0.25) is 0 Å². The summed E-state index contributed by atoms with van der Waals surface area (Å²) in [5.41, 5.74) is 1.63. The molecule has 1 aromatic heterocycles. The lowest BCUT2D eigenvalue weighted by Crippen LogP contribution is -2.34. The number of rotatable bonds is 5. The Labute approximate surface area is 117 Å². The first-order chi connectivity index (χ1) is 9.70. The SMILES string of the molecule is CCCn1c(=O)n(CC(=O)NC2CC2)c2ccccc21. The molecule has 3 rings (SSSR count). The van der Waals surface area contributed by atoms with Gasteiger partial charge in [-0.1, -0.05) is 19.1 Å². The van der Waals surface area contributed by atoms with Gasteiger partial charge >= 0.3 is 5.69 Å². The molecule has 1 aliphatic carbocycles. The van der Waals surface area contributed by atoms with Crippen LogP contribution < -0.4 is 11.0 Å². The summed E-state index contributed by atoms with van der Waals surface area (Å²) in [5.74, 6) is -0.0750. The van der Waals surface area contributed by atoms with E-state index < -0.39 is 0 Å². The average molecular weight is 273 g/mol. The van der Waals surface area contributed by atoms with Gasteiger partial charge in [-0.15, -0.1) is 0 Å². The minimum Gasteiger partial charge on any atom is -0.352 e. The second kappa shape index (κ2) is 5.15. The van der Waals surface area contributed by atoms with Crippen molar-refractivity contribution in [2.24, 2.45) is 0 Å². The fourth-order valence-corrected chi connectivity index (χ4v) is 2.51. The largest absolute Gasteiger partial charge is 0.352 e. The fraction of sp³-hybridized carbons (Fsp3) is 0.467. The molecule has 1 saturated carbocycles. The number of carbonyl (C=O) groups is 1. The van der Waals surface area contributed by atoms with E-state index >= 15 is 0 Å². The number of hydrogen-bond donors (Lipinski definition) is 1. The number of benzene rings is 1. The van der Waals surface area contributed by atoms with Gasteiger partial charge in [-0.25, -0.2) is 4.79 Å². The molecule has 0 aliphatic heterocycles. The van der Waals surface area contributed by atoms with E-state index in [9.17, 15) is 9.59 Å². The molecule has 5 nitrogen and oxygen atoms in total. The van der Waals surface area contributed by atoms with Crippen molar-refractivity contribution in [3.8, 4) is 0 Å². The molecule has 0 atom stereocenters. The molecule has 1 amide bonds. The summed E-state index contributed by atoms with van der Waals surface area (Å²) in [6, 6.07) is 7.97. The number of carbonyl (C=O) groups excluding carboxylic acids is 1. The Kier molecular flexibility index (Phi) is 3.34. The second-order valence-electron chi connectivity index (χ2n) is 5.35. The van der Waals surface area contributed by atoms with Crippen LogP contribution in [0.25, 0.3) is 11.0 Å². The third-order valence-electron chi connectivity index (χ3n) is 3.62. The molecule has 0 unspecified atom stereocenters. The third-order valence-corrected chi connectivity index (χ3v) is 3.62. The molecule has 1 aromatic carbocycles. The van der Waals surface area contributed by atoms with E-state index in [1.54, 1.807) is 9.13 Å². The zero-order chi connectivity index (χ0) is 14.1. The molecular formula is C15H19N3O2. The number of nitrogens with zero attached hydrogens (tertiary/aromatic N) is 2. The number of imidazole rings is 1. The summed E-state index contributed by atoms with van der Waals surface area (Å²) in [4.78, 5) is 24.4. The van der Waals surface area contributed by atoms with Crippen LogP contribution in [0.4, 0.5) is 0 Å². The first-order valence-electron chi connectivity index (χ1n) is 7.18. The number of hydrogen-bond acceptors (Lipinski definition) is 2. The highest BCUT2D eigenvalue weighted by Crippen LogP contribution is 2.18. The molecule has 106 valence electrons. The summed E-state index contributed by atoms with van der Waals surface area (Å²) in [5, 5.41) is 2.93. The Morgan fingerprint density at radius 2 is 1.90 bits per heavy atom. The Bertz CT molecular complexity index is 695. The van der Waals surface area contributed by atoms with Crippen molar-refractivity contribution in [1.29, 1.82) is 0 Å². The van der Waals surface area contributed by atoms with Gasteiger partial charge in [0.2, 0.25) is 5.91 Å². The van der Waals surface area contributed by atoms with E-state index in [4.69, 9.17) is 0 Å². The van der Waals surface area contributed by atoms with Gasteiger partial charge in [0.15, 0.2) is 0 Å². The minimum atomic E-state index is -0.0982. The lowest BCUT2D eigenvalue weighted by atomic mass is 10.3. The Morgan fingerprint density at radius 1 is 1.25 bits per heavy atom. The summed E-state index contributed by atoms with van der Waals surface area (Å²) in [6.07, 6.45) is 3.00. The van der Waals surface area contributed by atoms with Crippen LogP contribution in [0.5, 0.6) is 0 Å². The molecule has 1 N–H and O–H groups in total. The molecule has 0 radical (unpaired) electrons. The Morgan fingerprint density at radius 3 is 2.50 bits per heavy atom. The van der Waals surface area contributed by atoms with Crippen molar-refractivity contribution < 1.29 is 4.79 Å². The van der Waals surface area contributed by atoms with Gasteiger partial charge in [-0.2, -0.15) is 0 Å². The predicted molar refractivity (Wildman–Crippen MR) is 77.7 cm³/mol. The first kappa shape index (κ1) is 13.0. The molecule has 20 heavy (non-hydrogen) atoms. The van der Waals surface area contributed by atoms with Crippen LogP contribution in [0, 0.1) is 0 Å². The smallest absolute Gasteiger partial charge is 0.329 e. The standard InChI is InChI=1S/C15H19N3O2/c1-2-9-17-12-5-3-4-6-13(12)18(15(17)20)10-14(19)16-11-7-8-11/h3-6,11H,2,7-10H2,1H3,(H,16,19). The number of amides is 1. The van der Waals surface area contributed by atoms with E-state index in [0.717, 1.165) is 30.3 Å². The third kappa shape index (κ3) is 2.35. The highest BCUT2D eigenvalue weighted by molar-refractivity contribution is 5.81. The van der Waals surface area contributed by atoms with Crippen molar-refractivity contribution in [1.82, 2.24) is 14.5 Å². The van der Waals surface area contributed by atoms with Gasteiger partial charge < -0.3 is 5.32 Å². The number of fused-ring (bicyclic) bond motifs is 1. The van der Waals surface area contributed by atoms with E-state index in [0.29, 0.717) is 12.6 Å². The van der Waals surface area contributed by atoms with Crippen LogP contribution in [0.3, 0.4) is 0 Å². The normalized spacial score (nSPS) is 14.7. The van der Waals surface area contributed by atoms with Crippen molar-refractivity contribution >= 4 is 16.9 Å². The average Bonchev–Trinajstić information content (AvgIpc) is 3.21. The van der Waals surface area contributed by atoms with Crippen LogP contribution in [0.1, 0.15) is 26.2 Å². The van der Waals surface area contributed by atoms with E-state index in [1.165, 1.54) is 0 Å². The molecule has 0 spiro atoms. The van der Waals surface area contributed by atoms with Gasteiger partial charge in [-0.05, 0) is 31.4 Å². The quantitative estimate of drug-likeness (QED) is 0.897. The summed E-state index contributed by atoms with van der Waals surface area (Å²) >= 11 is 0. The monoisotopic (exact) mass is 273 g/mol. The van der Waals surface area contributed by atoms with Crippen molar-refractivity contribution in [3.05, 3.63) is 34.7 Å². The zero-order valence-electron chi connectivity index (χ0n) is 11.6. The molecule has 2 aromatic rings. The molecule has 5 heteroatoms. The number of aryl methyl sites for hydroxylation is 1. The lowest BCUT2D eigenvalue weighted by molar-refractivity contribution is -0.121. The Hall–Kier alpha value is -2.04. The van der Waals surface area contributed by atoms with Crippen LogP contribution in [0.15, 0.2) is 29.1 Å². The van der Waals surface area contributed by atoms with Gasteiger partial charge in [0.25, 0.3) is 0 Å². The van der Waals surface area contributed by atoms with Crippen LogP contribution in [-0.4, -0.2) is 21.1 Å². The summed E-state index contributed by atoms with van der Waals surface area (Å²) in [6.45, 7) is 2.82. The van der Waals surface area contributed by atoms with Crippen molar-refractivity contribution in [2.75, 3.05) is 0 Å². The molecule has 0 bridgehead atoms. The van der Waals surface area contributed by atoms with Crippen molar-refractivity contribution in [2.45, 2.75) is 45.3 Å². The zero-order valence-corrected chi connectivity index (χ0v) is 11.6. The van der Waals surface area contributed by atoms with E-state index in [1.807, 2.05) is 31.2 Å². The lowest BCUT2D eigenvalue weighted by Gasteiger charge is -2.04. The fourth-order valence-electron chi connectivity index (χ4n) is 2.51. The van der Waals surface area contributed by atoms with Gasteiger partial charge in [0.1, 0.15) is 6.54 Å². The maximum atomic E-state index is 12.5. The molecule has 1 heterocycles. The highest BCUT2D eigenvalue weighted by atomic mass is 16.2. The maximum absolute atomic E-state index is 12.5. The summed E-state index contributed by atoms with van der Waals surface area (Å²) < 4.78 is 3.32.